The Morgan fingerprint density at radius 1 is 1.00 bits per heavy atom. The number of nitrogens with one attached hydrogen (secondary N) is 1. The summed E-state index contributed by atoms with van der Waals surface area (Å²) in [7, 11) is 0. The zero-order valence-electron chi connectivity index (χ0n) is 15.5. The van der Waals surface area contributed by atoms with Crippen molar-refractivity contribution in [3.05, 3.63) is 65.9 Å². The van der Waals surface area contributed by atoms with Crippen LogP contribution in [0, 0.1) is 18.6 Å². The van der Waals surface area contributed by atoms with Crippen molar-refractivity contribution >= 4 is 28.3 Å². The molecule has 7 heteroatoms. The molecule has 1 aromatic heterocycles. The molecule has 5 nitrogen and oxygen atoms in total. The number of para-hydroxylation sites is 1. The van der Waals surface area contributed by atoms with Gasteiger partial charge in [0.15, 0.2) is 0 Å². The zero-order chi connectivity index (χ0) is 19.7. The number of pyridine rings is 1. The highest BCUT2D eigenvalue weighted by Crippen LogP contribution is 2.22. The van der Waals surface area contributed by atoms with Crippen molar-refractivity contribution in [2.75, 3.05) is 36.4 Å². The van der Waals surface area contributed by atoms with E-state index in [4.69, 9.17) is 0 Å². The molecule has 3 aromatic rings. The minimum atomic E-state index is -0.602. The summed E-state index contributed by atoms with van der Waals surface area (Å²) < 4.78 is 26.9. The summed E-state index contributed by atoms with van der Waals surface area (Å²) in [6.45, 7) is 3.79. The molecule has 4 rings (SSSR count). The molecular weight excluding hydrogens is 362 g/mol. The Morgan fingerprint density at radius 2 is 1.68 bits per heavy atom. The molecule has 0 spiro atoms. The van der Waals surface area contributed by atoms with E-state index in [2.05, 4.69) is 10.3 Å². The predicted octanol–water partition coefficient (Wildman–Crippen LogP) is 4.18. The second kappa shape index (κ2) is 7.42. The van der Waals surface area contributed by atoms with Crippen LogP contribution in [-0.2, 0) is 0 Å². The van der Waals surface area contributed by atoms with Crippen LogP contribution in [0.1, 0.15) is 5.69 Å². The van der Waals surface area contributed by atoms with Gasteiger partial charge in [-0.25, -0.2) is 13.6 Å². The SMILES string of the molecule is Cc1nc2ccccc2cc1NC(=O)N1CCN(c2cc(F)cc(F)c2)CC1. The number of aryl methyl sites for hydroxylation is 1. The van der Waals surface area contributed by atoms with Crippen LogP contribution in [0.3, 0.4) is 0 Å². The van der Waals surface area contributed by atoms with Gasteiger partial charge in [0.25, 0.3) is 0 Å². The average molecular weight is 382 g/mol. The Morgan fingerprint density at radius 3 is 2.39 bits per heavy atom. The first-order chi connectivity index (χ1) is 13.5. The van der Waals surface area contributed by atoms with Crippen molar-refractivity contribution in [1.82, 2.24) is 9.88 Å². The van der Waals surface area contributed by atoms with Gasteiger partial charge in [0, 0.05) is 43.3 Å². The van der Waals surface area contributed by atoms with Crippen LogP contribution < -0.4 is 10.2 Å². The minimum absolute atomic E-state index is 0.203. The fourth-order valence-electron chi connectivity index (χ4n) is 3.42. The van der Waals surface area contributed by atoms with E-state index >= 15 is 0 Å². The molecule has 1 aliphatic rings. The van der Waals surface area contributed by atoms with E-state index in [1.807, 2.05) is 42.2 Å². The van der Waals surface area contributed by atoms with Gasteiger partial charge in [-0.15, -0.1) is 0 Å². The van der Waals surface area contributed by atoms with Gasteiger partial charge >= 0.3 is 6.03 Å². The summed E-state index contributed by atoms with van der Waals surface area (Å²) in [6, 6.07) is 12.9. The molecule has 0 unspecified atom stereocenters. The van der Waals surface area contributed by atoms with Crippen molar-refractivity contribution in [1.29, 1.82) is 0 Å². The highest BCUT2D eigenvalue weighted by atomic mass is 19.1. The smallest absolute Gasteiger partial charge is 0.322 e. The summed E-state index contributed by atoms with van der Waals surface area (Å²) in [6.07, 6.45) is 0. The molecule has 144 valence electrons. The minimum Gasteiger partial charge on any atom is -0.368 e. The van der Waals surface area contributed by atoms with E-state index in [9.17, 15) is 13.6 Å². The van der Waals surface area contributed by atoms with Gasteiger partial charge in [-0.1, -0.05) is 18.2 Å². The number of aromatic nitrogens is 1. The van der Waals surface area contributed by atoms with Crippen molar-refractivity contribution in [2.24, 2.45) is 0 Å². The number of anilines is 2. The lowest BCUT2D eigenvalue weighted by atomic mass is 10.2. The fraction of sp³-hybridized carbons (Fsp3) is 0.238. The highest BCUT2D eigenvalue weighted by Gasteiger charge is 2.22. The van der Waals surface area contributed by atoms with Crippen LogP contribution in [0.15, 0.2) is 48.5 Å². The lowest BCUT2D eigenvalue weighted by molar-refractivity contribution is 0.208. The molecule has 0 radical (unpaired) electrons. The number of carbonyl (C=O) groups excluding carboxylic acids is 1. The molecular formula is C21H20F2N4O. The van der Waals surface area contributed by atoms with Crippen LogP contribution in [-0.4, -0.2) is 42.1 Å². The Labute approximate surface area is 161 Å². The van der Waals surface area contributed by atoms with Crippen LogP contribution in [0.4, 0.5) is 25.0 Å². The van der Waals surface area contributed by atoms with Gasteiger partial charge in [0.05, 0.1) is 16.9 Å². The van der Waals surface area contributed by atoms with Gasteiger partial charge in [0.2, 0.25) is 0 Å². The second-order valence-electron chi connectivity index (χ2n) is 6.85. The molecule has 28 heavy (non-hydrogen) atoms. The standard InChI is InChI=1S/C21H20F2N4O/c1-14-20(10-15-4-2-3-5-19(15)24-14)25-21(28)27-8-6-26(7-9-27)18-12-16(22)11-17(23)13-18/h2-5,10-13H,6-9H2,1H3,(H,25,28). The fourth-order valence-corrected chi connectivity index (χ4v) is 3.42. The second-order valence-corrected chi connectivity index (χ2v) is 6.85. The first kappa shape index (κ1) is 18.2. The molecule has 1 saturated heterocycles. The van der Waals surface area contributed by atoms with Crippen molar-refractivity contribution < 1.29 is 13.6 Å². The monoisotopic (exact) mass is 382 g/mol. The third-order valence-electron chi connectivity index (χ3n) is 4.94. The van der Waals surface area contributed by atoms with Gasteiger partial charge in [-0.3, -0.25) is 4.98 Å². The first-order valence-corrected chi connectivity index (χ1v) is 9.13. The third kappa shape index (κ3) is 3.74. The molecule has 1 fully saturated rings. The lowest BCUT2D eigenvalue weighted by Crippen LogP contribution is -2.50. The average Bonchev–Trinajstić information content (AvgIpc) is 2.68. The summed E-state index contributed by atoms with van der Waals surface area (Å²) >= 11 is 0. The van der Waals surface area contributed by atoms with Gasteiger partial charge < -0.3 is 15.1 Å². The molecule has 1 N–H and O–H groups in total. The summed E-state index contributed by atoms with van der Waals surface area (Å²) in [4.78, 5) is 20.8. The maximum atomic E-state index is 13.4. The molecule has 0 atom stereocenters. The van der Waals surface area contributed by atoms with Gasteiger partial charge in [0.1, 0.15) is 11.6 Å². The number of benzene rings is 2. The maximum Gasteiger partial charge on any atom is 0.322 e. The largest absolute Gasteiger partial charge is 0.368 e. The molecule has 0 saturated carbocycles. The molecule has 2 amide bonds. The number of carbonyl (C=O) groups is 1. The van der Waals surface area contributed by atoms with Crippen LogP contribution in [0.5, 0.6) is 0 Å². The van der Waals surface area contributed by atoms with Crippen molar-refractivity contribution in [3.63, 3.8) is 0 Å². The molecule has 2 aromatic carbocycles. The number of rotatable bonds is 2. The topological polar surface area (TPSA) is 48.5 Å². The number of hydrogen-bond acceptors (Lipinski definition) is 3. The first-order valence-electron chi connectivity index (χ1n) is 9.13. The number of urea groups is 1. The quantitative estimate of drug-likeness (QED) is 0.724. The summed E-state index contributed by atoms with van der Waals surface area (Å²) in [5.41, 5.74) is 2.81. The predicted molar refractivity (Wildman–Crippen MR) is 106 cm³/mol. The lowest BCUT2D eigenvalue weighted by Gasteiger charge is -2.36. The van der Waals surface area contributed by atoms with E-state index in [0.717, 1.165) is 22.7 Å². The summed E-state index contributed by atoms with van der Waals surface area (Å²) in [5.74, 6) is -1.20. The highest BCUT2D eigenvalue weighted by molar-refractivity contribution is 5.93. The molecule has 2 heterocycles. The molecule has 0 aliphatic carbocycles. The number of fused-ring (bicyclic) bond motifs is 1. The van der Waals surface area contributed by atoms with Crippen LogP contribution in [0.25, 0.3) is 10.9 Å². The third-order valence-corrected chi connectivity index (χ3v) is 4.94. The van der Waals surface area contributed by atoms with Gasteiger partial charge in [-0.05, 0) is 31.2 Å². The Kier molecular flexibility index (Phi) is 4.81. The Bertz CT molecular complexity index is 1010. The Hall–Kier alpha value is -3.22. The van der Waals surface area contributed by atoms with E-state index in [0.29, 0.717) is 37.6 Å². The number of hydrogen-bond donors (Lipinski definition) is 1. The van der Waals surface area contributed by atoms with Crippen LogP contribution >= 0.6 is 0 Å². The molecule has 1 aliphatic heterocycles. The van der Waals surface area contributed by atoms with Crippen molar-refractivity contribution in [3.8, 4) is 0 Å². The maximum absolute atomic E-state index is 13.4. The number of halogens is 2. The van der Waals surface area contributed by atoms with E-state index in [1.165, 1.54) is 12.1 Å². The summed E-state index contributed by atoms with van der Waals surface area (Å²) in [5, 5.41) is 3.89. The van der Waals surface area contributed by atoms with E-state index < -0.39 is 11.6 Å². The van der Waals surface area contributed by atoms with Crippen LogP contribution in [0.2, 0.25) is 0 Å². The normalized spacial score (nSPS) is 14.4. The van der Waals surface area contributed by atoms with Gasteiger partial charge in [-0.2, -0.15) is 0 Å². The Balaban J connectivity index is 1.42. The molecule has 0 bridgehead atoms. The van der Waals surface area contributed by atoms with E-state index in [-0.39, 0.29) is 6.03 Å². The number of nitrogens with zero attached hydrogens (tertiary/aromatic N) is 3. The number of amides is 2. The van der Waals surface area contributed by atoms with E-state index in [1.54, 1.807) is 4.90 Å². The zero-order valence-corrected chi connectivity index (χ0v) is 15.5. The number of piperazine rings is 1. The van der Waals surface area contributed by atoms with Crippen molar-refractivity contribution in [2.45, 2.75) is 6.92 Å².